The molecule has 0 saturated carbocycles. The highest BCUT2D eigenvalue weighted by Crippen LogP contribution is 2.41. The van der Waals surface area contributed by atoms with Crippen molar-refractivity contribution in [1.29, 1.82) is 0 Å². The second-order valence-electron chi connectivity index (χ2n) is 5.85. The molecule has 154 valence electrons. The second kappa shape index (κ2) is 10.0. The molecule has 0 bridgehead atoms. The summed E-state index contributed by atoms with van der Waals surface area (Å²) >= 11 is 0. The maximum atomic E-state index is 13.5. The summed E-state index contributed by atoms with van der Waals surface area (Å²) in [5, 5.41) is 0. The first-order valence-electron chi connectivity index (χ1n) is 8.52. The fraction of sp³-hybridized carbons (Fsp3) is 0.875. The van der Waals surface area contributed by atoms with Gasteiger partial charge in [0, 0.05) is 32.6 Å². The zero-order chi connectivity index (χ0) is 20.7. The molecule has 26 heavy (non-hydrogen) atoms. The molecule has 0 fully saturated rings. The highest BCUT2D eigenvalue weighted by Gasteiger charge is 2.52. The van der Waals surface area contributed by atoms with Crippen LogP contribution in [0.3, 0.4) is 0 Å². The summed E-state index contributed by atoms with van der Waals surface area (Å²) in [7, 11) is 0. The minimum Gasteiger partial charge on any atom is -0.343 e. The van der Waals surface area contributed by atoms with Crippen LogP contribution < -0.4 is 0 Å². The molecular formula is C16H26F6N2O2. The maximum absolute atomic E-state index is 13.5. The van der Waals surface area contributed by atoms with E-state index in [1.165, 1.54) is 13.8 Å². The Kier molecular flexibility index (Phi) is 9.44. The Morgan fingerprint density at radius 1 is 0.808 bits per heavy atom. The number of hydrogen-bond acceptors (Lipinski definition) is 2. The fourth-order valence-corrected chi connectivity index (χ4v) is 2.80. The van der Waals surface area contributed by atoms with Gasteiger partial charge in [-0.25, -0.2) is 0 Å². The summed E-state index contributed by atoms with van der Waals surface area (Å²) in [6.45, 7) is 6.28. The number of carbonyl (C=O) groups is 2. The molecule has 0 radical (unpaired) electrons. The second-order valence-corrected chi connectivity index (χ2v) is 5.85. The lowest BCUT2D eigenvalue weighted by Gasteiger charge is -2.33. The van der Waals surface area contributed by atoms with E-state index in [0.29, 0.717) is 0 Å². The molecule has 0 saturated heterocycles. The average Bonchev–Trinajstić information content (AvgIpc) is 2.50. The lowest BCUT2D eigenvalue weighted by molar-refractivity contribution is -0.214. The molecule has 0 aromatic heterocycles. The van der Waals surface area contributed by atoms with Crippen LogP contribution in [0.5, 0.6) is 0 Å². The molecule has 4 nitrogen and oxygen atoms in total. The SMILES string of the molecule is CCN(CC)C(=O)C[C@@H]([C@H](CC(F)(F)F)C(=O)N(CC)CC)C(F)(F)F. The van der Waals surface area contributed by atoms with Crippen LogP contribution in [0, 0.1) is 11.8 Å². The monoisotopic (exact) mass is 392 g/mol. The lowest BCUT2D eigenvalue weighted by Crippen LogP contribution is -2.47. The number of halogens is 6. The highest BCUT2D eigenvalue weighted by atomic mass is 19.4. The van der Waals surface area contributed by atoms with Crippen molar-refractivity contribution in [1.82, 2.24) is 9.80 Å². The first-order chi connectivity index (χ1) is 11.8. The molecule has 0 aromatic carbocycles. The van der Waals surface area contributed by atoms with Gasteiger partial charge in [0.2, 0.25) is 11.8 Å². The van der Waals surface area contributed by atoms with Gasteiger partial charge in [-0.3, -0.25) is 9.59 Å². The third-order valence-electron chi connectivity index (χ3n) is 4.26. The van der Waals surface area contributed by atoms with Crippen molar-refractivity contribution in [3.05, 3.63) is 0 Å². The quantitative estimate of drug-likeness (QED) is 0.559. The van der Waals surface area contributed by atoms with Crippen molar-refractivity contribution in [3.63, 3.8) is 0 Å². The Labute approximate surface area is 149 Å². The zero-order valence-corrected chi connectivity index (χ0v) is 15.4. The van der Waals surface area contributed by atoms with Gasteiger partial charge in [0.15, 0.2) is 0 Å². The molecule has 0 aliphatic carbocycles. The average molecular weight is 392 g/mol. The van der Waals surface area contributed by atoms with Gasteiger partial charge < -0.3 is 9.80 Å². The van der Waals surface area contributed by atoms with Crippen LogP contribution in [0.25, 0.3) is 0 Å². The minimum atomic E-state index is -5.11. The van der Waals surface area contributed by atoms with Crippen LogP contribution in [0.4, 0.5) is 26.3 Å². The van der Waals surface area contributed by atoms with Gasteiger partial charge in [0.05, 0.1) is 18.3 Å². The number of hydrogen-bond donors (Lipinski definition) is 0. The molecule has 2 amide bonds. The molecule has 0 aromatic rings. The largest absolute Gasteiger partial charge is 0.393 e. The molecule has 0 aliphatic rings. The smallest absolute Gasteiger partial charge is 0.343 e. The normalized spacial score (nSPS) is 14.7. The van der Waals surface area contributed by atoms with Gasteiger partial charge in [-0.15, -0.1) is 0 Å². The van der Waals surface area contributed by atoms with E-state index in [1.54, 1.807) is 13.8 Å². The summed E-state index contributed by atoms with van der Waals surface area (Å²) in [4.78, 5) is 26.5. The van der Waals surface area contributed by atoms with E-state index in [9.17, 15) is 35.9 Å². The van der Waals surface area contributed by atoms with Crippen LogP contribution in [0.15, 0.2) is 0 Å². The van der Waals surface area contributed by atoms with Gasteiger partial charge in [0.25, 0.3) is 0 Å². The van der Waals surface area contributed by atoms with Crippen LogP contribution in [0.1, 0.15) is 40.5 Å². The first kappa shape index (κ1) is 24.5. The van der Waals surface area contributed by atoms with E-state index in [2.05, 4.69) is 0 Å². The first-order valence-corrected chi connectivity index (χ1v) is 8.52. The Bertz CT molecular complexity index is 457. The summed E-state index contributed by atoms with van der Waals surface area (Å²) in [6, 6.07) is 0. The summed E-state index contributed by atoms with van der Waals surface area (Å²) in [5.74, 6) is -7.22. The van der Waals surface area contributed by atoms with Crippen LogP contribution in [-0.4, -0.2) is 60.1 Å². The highest BCUT2D eigenvalue weighted by molar-refractivity contribution is 5.81. The standard InChI is InChI=1S/C16H26F6N2O2/c1-5-23(6-2)13(25)9-12(16(20,21)22)11(10-15(17,18)19)14(26)24(7-3)8-4/h11-12H,5-10H2,1-4H3/t11-,12-/m0/s1. The van der Waals surface area contributed by atoms with Gasteiger partial charge in [-0.1, -0.05) is 0 Å². The molecule has 2 atom stereocenters. The van der Waals surface area contributed by atoms with Gasteiger partial charge in [-0.05, 0) is 27.7 Å². The van der Waals surface area contributed by atoms with Gasteiger partial charge in [0.1, 0.15) is 0 Å². The van der Waals surface area contributed by atoms with E-state index >= 15 is 0 Å². The maximum Gasteiger partial charge on any atom is 0.393 e. The minimum absolute atomic E-state index is 0.0156. The van der Waals surface area contributed by atoms with Crippen LogP contribution in [-0.2, 0) is 9.59 Å². The molecular weight excluding hydrogens is 366 g/mol. The fourth-order valence-electron chi connectivity index (χ4n) is 2.80. The summed E-state index contributed by atoms with van der Waals surface area (Å²) in [5.41, 5.74) is 0. The molecule has 10 heteroatoms. The number of alkyl halides is 6. The van der Waals surface area contributed by atoms with E-state index in [1.807, 2.05) is 0 Å². The zero-order valence-electron chi connectivity index (χ0n) is 15.4. The van der Waals surface area contributed by atoms with Gasteiger partial charge >= 0.3 is 12.4 Å². The molecule has 0 unspecified atom stereocenters. The summed E-state index contributed by atoms with van der Waals surface area (Å²) in [6.07, 6.45) is -13.2. The lowest BCUT2D eigenvalue weighted by atomic mass is 9.84. The van der Waals surface area contributed by atoms with Crippen molar-refractivity contribution >= 4 is 11.8 Å². The van der Waals surface area contributed by atoms with Crippen molar-refractivity contribution in [2.24, 2.45) is 11.8 Å². The van der Waals surface area contributed by atoms with E-state index in [0.717, 1.165) is 9.80 Å². The van der Waals surface area contributed by atoms with Crippen LogP contribution >= 0.6 is 0 Å². The number of nitrogens with zero attached hydrogens (tertiary/aromatic N) is 2. The Morgan fingerprint density at radius 3 is 1.54 bits per heavy atom. The third-order valence-corrected chi connectivity index (χ3v) is 4.26. The van der Waals surface area contributed by atoms with E-state index < -0.39 is 48.8 Å². The predicted molar refractivity (Wildman–Crippen MR) is 84.2 cm³/mol. The third kappa shape index (κ3) is 7.41. The summed E-state index contributed by atoms with van der Waals surface area (Å²) < 4.78 is 79.1. The Morgan fingerprint density at radius 2 is 1.23 bits per heavy atom. The Hall–Kier alpha value is -1.48. The topological polar surface area (TPSA) is 40.6 Å². The number of rotatable bonds is 9. The van der Waals surface area contributed by atoms with E-state index in [4.69, 9.17) is 0 Å². The Balaban J connectivity index is 5.88. The number of carbonyl (C=O) groups excluding carboxylic acids is 2. The molecule has 0 aliphatic heterocycles. The number of amides is 2. The predicted octanol–water partition coefficient (Wildman–Crippen LogP) is 3.86. The van der Waals surface area contributed by atoms with Crippen LogP contribution in [0.2, 0.25) is 0 Å². The molecule has 0 N–H and O–H groups in total. The molecule has 0 rings (SSSR count). The molecule has 0 heterocycles. The van der Waals surface area contributed by atoms with E-state index in [-0.39, 0.29) is 26.2 Å². The molecule has 0 spiro atoms. The van der Waals surface area contributed by atoms with Crippen molar-refractivity contribution in [2.75, 3.05) is 26.2 Å². The van der Waals surface area contributed by atoms with Crippen molar-refractivity contribution < 1.29 is 35.9 Å². The van der Waals surface area contributed by atoms with Gasteiger partial charge in [-0.2, -0.15) is 26.3 Å². The van der Waals surface area contributed by atoms with Crippen molar-refractivity contribution in [2.45, 2.75) is 52.9 Å². The van der Waals surface area contributed by atoms with Crippen molar-refractivity contribution in [3.8, 4) is 0 Å².